The maximum Gasteiger partial charge on any atom is 0.220 e. The van der Waals surface area contributed by atoms with Gasteiger partial charge in [0.15, 0.2) is 0 Å². The summed E-state index contributed by atoms with van der Waals surface area (Å²) in [6, 6.07) is 6.23. The van der Waals surface area contributed by atoms with Gasteiger partial charge in [0.25, 0.3) is 0 Å². The summed E-state index contributed by atoms with van der Waals surface area (Å²) in [5.41, 5.74) is -0.111. The van der Waals surface area contributed by atoms with Gasteiger partial charge in [-0.25, -0.2) is 4.39 Å². The Morgan fingerprint density at radius 2 is 2.16 bits per heavy atom. The highest BCUT2D eigenvalue weighted by molar-refractivity contribution is 5.76. The van der Waals surface area contributed by atoms with Gasteiger partial charge in [-0.3, -0.25) is 4.79 Å². The first kappa shape index (κ1) is 15.6. The Kier molecular flexibility index (Phi) is 5.48. The number of hydrogen-bond acceptors (Lipinski definition) is 2. The van der Waals surface area contributed by atoms with E-state index in [-0.39, 0.29) is 30.6 Å². The molecule has 19 heavy (non-hydrogen) atoms. The zero-order valence-electron chi connectivity index (χ0n) is 11.7. The molecule has 106 valence electrons. The van der Waals surface area contributed by atoms with E-state index in [1.54, 1.807) is 19.1 Å². The van der Waals surface area contributed by atoms with E-state index < -0.39 is 5.60 Å². The number of aliphatic hydroxyl groups is 1. The van der Waals surface area contributed by atoms with Gasteiger partial charge in [-0.05, 0) is 37.0 Å². The van der Waals surface area contributed by atoms with Gasteiger partial charge in [-0.15, -0.1) is 0 Å². The van der Waals surface area contributed by atoms with Crippen LogP contribution in [-0.4, -0.2) is 23.2 Å². The van der Waals surface area contributed by atoms with Crippen LogP contribution in [0.25, 0.3) is 0 Å². The number of carbonyl (C=O) groups excluding carboxylic acids is 1. The molecule has 2 N–H and O–H groups in total. The molecule has 0 aliphatic carbocycles. The molecular formula is C15H22FNO2. The molecule has 1 amide bonds. The van der Waals surface area contributed by atoms with E-state index in [1.165, 1.54) is 12.1 Å². The van der Waals surface area contributed by atoms with Crippen LogP contribution in [0.5, 0.6) is 0 Å². The highest BCUT2D eigenvalue weighted by atomic mass is 19.1. The number of hydrogen-bond donors (Lipinski definition) is 2. The number of nitrogens with one attached hydrogen (secondary N) is 1. The molecule has 1 atom stereocenters. The number of benzene rings is 1. The van der Waals surface area contributed by atoms with Crippen molar-refractivity contribution in [2.45, 2.75) is 39.2 Å². The van der Waals surface area contributed by atoms with E-state index in [0.717, 1.165) is 5.56 Å². The minimum Gasteiger partial charge on any atom is -0.388 e. The predicted molar refractivity (Wildman–Crippen MR) is 73.2 cm³/mol. The average molecular weight is 267 g/mol. The molecule has 0 heterocycles. The van der Waals surface area contributed by atoms with Gasteiger partial charge in [0, 0.05) is 13.0 Å². The van der Waals surface area contributed by atoms with E-state index in [1.807, 2.05) is 13.8 Å². The van der Waals surface area contributed by atoms with Crippen LogP contribution in [0.15, 0.2) is 24.3 Å². The molecule has 0 aliphatic heterocycles. The van der Waals surface area contributed by atoms with Gasteiger partial charge in [-0.1, -0.05) is 26.0 Å². The van der Waals surface area contributed by atoms with Crippen LogP contribution < -0.4 is 5.32 Å². The zero-order chi connectivity index (χ0) is 14.5. The highest BCUT2D eigenvalue weighted by Gasteiger charge is 2.25. The molecular weight excluding hydrogens is 245 g/mol. The Balaban J connectivity index is 2.36. The summed E-state index contributed by atoms with van der Waals surface area (Å²) in [7, 11) is 0. The minimum absolute atomic E-state index is 0.0658. The van der Waals surface area contributed by atoms with Crippen LogP contribution in [0.4, 0.5) is 4.39 Å². The molecule has 1 unspecified atom stereocenters. The van der Waals surface area contributed by atoms with Crippen LogP contribution in [0.3, 0.4) is 0 Å². The van der Waals surface area contributed by atoms with Crippen LogP contribution in [0, 0.1) is 11.7 Å². The summed E-state index contributed by atoms with van der Waals surface area (Å²) in [6.07, 6.45) is 0.783. The molecule has 0 radical (unpaired) electrons. The minimum atomic E-state index is -0.908. The monoisotopic (exact) mass is 267 g/mol. The van der Waals surface area contributed by atoms with E-state index >= 15 is 0 Å². The number of amides is 1. The van der Waals surface area contributed by atoms with Gasteiger partial charge < -0.3 is 10.4 Å². The van der Waals surface area contributed by atoms with Crippen LogP contribution in [-0.2, 0) is 11.2 Å². The van der Waals surface area contributed by atoms with Crippen molar-refractivity contribution >= 4 is 5.91 Å². The fourth-order valence-electron chi connectivity index (χ4n) is 1.52. The molecule has 1 rings (SSSR count). The van der Waals surface area contributed by atoms with Gasteiger partial charge in [-0.2, -0.15) is 0 Å². The van der Waals surface area contributed by atoms with E-state index in [0.29, 0.717) is 6.42 Å². The number of rotatable bonds is 6. The van der Waals surface area contributed by atoms with Gasteiger partial charge in [0.2, 0.25) is 5.91 Å². The smallest absolute Gasteiger partial charge is 0.220 e. The summed E-state index contributed by atoms with van der Waals surface area (Å²) in [6.45, 7) is 5.73. The fourth-order valence-corrected chi connectivity index (χ4v) is 1.52. The average Bonchev–Trinajstić information content (AvgIpc) is 2.34. The quantitative estimate of drug-likeness (QED) is 0.830. The molecule has 3 nitrogen and oxygen atoms in total. The van der Waals surface area contributed by atoms with E-state index in [2.05, 4.69) is 5.32 Å². The third-order valence-corrected chi connectivity index (χ3v) is 3.42. The lowest BCUT2D eigenvalue weighted by atomic mass is 9.92. The number of halogens is 1. The van der Waals surface area contributed by atoms with Crippen LogP contribution >= 0.6 is 0 Å². The van der Waals surface area contributed by atoms with Crippen molar-refractivity contribution in [3.8, 4) is 0 Å². The second kappa shape index (κ2) is 6.66. The normalized spacial score (nSPS) is 14.2. The largest absolute Gasteiger partial charge is 0.388 e. The van der Waals surface area contributed by atoms with Crippen molar-refractivity contribution in [1.82, 2.24) is 5.32 Å². The van der Waals surface area contributed by atoms with Gasteiger partial charge in [0.1, 0.15) is 5.82 Å². The van der Waals surface area contributed by atoms with E-state index in [9.17, 15) is 14.3 Å². The number of aryl methyl sites for hydroxylation is 1. The third kappa shape index (κ3) is 5.39. The molecule has 1 aromatic rings. The van der Waals surface area contributed by atoms with Gasteiger partial charge >= 0.3 is 0 Å². The first-order chi connectivity index (χ1) is 8.81. The molecule has 0 spiro atoms. The summed E-state index contributed by atoms with van der Waals surface area (Å²) in [5, 5.41) is 12.7. The lowest BCUT2D eigenvalue weighted by molar-refractivity contribution is -0.122. The maximum absolute atomic E-state index is 13.0. The topological polar surface area (TPSA) is 49.3 Å². The Labute approximate surface area is 113 Å². The van der Waals surface area contributed by atoms with Crippen LogP contribution in [0.2, 0.25) is 0 Å². The third-order valence-electron chi connectivity index (χ3n) is 3.42. The summed E-state index contributed by atoms with van der Waals surface area (Å²) in [5.74, 6) is -0.359. The second-order valence-electron chi connectivity index (χ2n) is 5.42. The summed E-state index contributed by atoms with van der Waals surface area (Å²) < 4.78 is 13.0. The Hall–Kier alpha value is -1.42. The molecule has 0 aromatic heterocycles. The first-order valence-electron chi connectivity index (χ1n) is 6.55. The van der Waals surface area contributed by atoms with Crippen molar-refractivity contribution < 1.29 is 14.3 Å². The first-order valence-corrected chi connectivity index (χ1v) is 6.55. The molecule has 0 saturated heterocycles. The molecule has 1 aromatic carbocycles. The van der Waals surface area contributed by atoms with Crippen molar-refractivity contribution in [2.75, 3.05) is 6.54 Å². The lowest BCUT2D eigenvalue weighted by Gasteiger charge is -2.27. The highest BCUT2D eigenvalue weighted by Crippen LogP contribution is 2.14. The molecule has 0 bridgehead atoms. The van der Waals surface area contributed by atoms with Crippen molar-refractivity contribution in [1.29, 1.82) is 0 Å². The standard InChI is InChI=1S/C15H22FNO2/c1-11(2)15(3,19)10-17-14(18)8-7-12-5-4-6-13(16)9-12/h4-6,9,11,19H,7-8,10H2,1-3H3,(H,17,18). The Morgan fingerprint density at radius 1 is 1.47 bits per heavy atom. The van der Waals surface area contributed by atoms with E-state index in [4.69, 9.17) is 0 Å². The lowest BCUT2D eigenvalue weighted by Crippen LogP contribution is -2.44. The zero-order valence-corrected chi connectivity index (χ0v) is 11.7. The Bertz CT molecular complexity index is 430. The second-order valence-corrected chi connectivity index (χ2v) is 5.42. The Morgan fingerprint density at radius 3 is 2.74 bits per heavy atom. The summed E-state index contributed by atoms with van der Waals surface area (Å²) in [4.78, 5) is 11.7. The molecule has 0 fully saturated rings. The molecule has 0 aliphatic rings. The fraction of sp³-hybridized carbons (Fsp3) is 0.533. The van der Waals surface area contributed by atoms with Crippen LogP contribution in [0.1, 0.15) is 32.8 Å². The SMILES string of the molecule is CC(C)C(C)(O)CNC(=O)CCc1cccc(F)c1. The van der Waals surface area contributed by atoms with Crippen molar-refractivity contribution in [3.63, 3.8) is 0 Å². The molecule has 0 saturated carbocycles. The maximum atomic E-state index is 13.0. The number of carbonyl (C=O) groups is 1. The molecule has 4 heteroatoms. The van der Waals surface area contributed by atoms with Crippen molar-refractivity contribution in [2.24, 2.45) is 5.92 Å². The summed E-state index contributed by atoms with van der Waals surface area (Å²) >= 11 is 0. The predicted octanol–water partition coefficient (Wildman–Crippen LogP) is 2.28. The van der Waals surface area contributed by atoms with Gasteiger partial charge in [0.05, 0.1) is 5.60 Å². The van der Waals surface area contributed by atoms with Crippen molar-refractivity contribution in [3.05, 3.63) is 35.6 Å².